The summed E-state index contributed by atoms with van der Waals surface area (Å²) in [5.74, 6) is -0.365. The van der Waals surface area contributed by atoms with Gasteiger partial charge >= 0.3 is 0 Å². The van der Waals surface area contributed by atoms with Gasteiger partial charge in [0.1, 0.15) is 6.07 Å². The Morgan fingerprint density at radius 3 is 3.05 bits per heavy atom. The van der Waals surface area contributed by atoms with Crippen molar-refractivity contribution in [2.75, 3.05) is 24.6 Å². The van der Waals surface area contributed by atoms with E-state index in [0.29, 0.717) is 24.4 Å². The van der Waals surface area contributed by atoms with E-state index in [4.69, 9.17) is 10.00 Å². The molecular weight excluding hydrogens is 311 g/mol. The number of halogens is 2. The molecule has 19 heavy (non-hydrogen) atoms. The van der Waals surface area contributed by atoms with Crippen LogP contribution < -0.4 is 4.90 Å². The summed E-state index contributed by atoms with van der Waals surface area (Å²) in [6, 6.07) is 5.28. The van der Waals surface area contributed by atoms with Gasteiger partial charge in [0, 0.05) is 19.7 Å². The summed E-state index contributed by atoms with van der Waals surface area (Å²) >= 11 is 3.15. The smallest absolute Gasteiger partial charge is 0.161 e. The number of benzene rings is 1. The van der Waals surface area contributed by atoms with Crippen LogP contribution in [0.1, 0.15) is 25.3 Å². The van der Waals surface area contributed by atoms with E-state index >= 15 is 0 Å². The van der Waals surface area contributed by atoms with Crippen molar-refractivity contribution in [1.82, 2.24) is 0 Å². The lowest BCUT2D eigenvalue weighted by molar-refractivity contribution is 0.0525. The zero-order chi connectivity index (χ0) is 13.8. The van der Waals surface area contributed by atoms with Crippen molar-refractivity contribution in [3.63, 3.8) is 0 Å². The minimum absolute atomic E-state index is 0.160. The third kappa shape index (κ3) is 3.07. The maximum atomic E-state index is 14.3. The molecule has 1 heterocycles. The second-order valence-electron chi connectivity index (χ2n) is 4.54. The highest BCUT2D eigenvalue weighted by Crippen LogP contribution is 2.31. The van der Waals surface area contributed by atoms with Crippen molar-refractivity contribution in [3.05, 3.63) is 28.0 Å². The molecule has 0 amide bonds. The van der Waals surface area contributed by atoms with Crippen LogP contribution in [-0.4, -0.2) is 25.8 Å². The van der Waals surface area contributed by atoms with Crippen molar-refractivity contribution in [2.45, 2.75) is 25.9 Å². The molecule has 5 heteroatoms. The van der Waals surface area contributed by atoms with Gasteiger partial charge in [-0.25, -0.2) is 4.39 Å². The SMILES string of the molecule is CCOC1CCCN(c2ccc(C#N)c(Br)c2F)C1. The van der Waals surface area contributed by atoms with Crippen molar-refractivity contribution in [3.8, 4) is 6.07 Å². The fraction of sp³-hybridized carbons (Fsp3) is 0.500. The molecule has 3 nitrogen and oxygen atoms in total. The average molecular weight is 327 g/mol. The third-order valence-electron chi connectivity index (χ3n) is 3.30. The van der Waals surface area contributed by atoms with E-state index in [-0.39, 0.29) is 16.4 Å². The molecule has 1 aliphatic heterocycles. The number of nitriles is 1. The molecule has 1 atom stereocenters. The van der Waals surface area contributed by atoms with E-state index in [0.717, 1.165) is 19.4 Å². The van der Waals surface area contributed by atoms with Gasteiger partial charge in [0.25, 0.3) is 0 Å². The van der Waals surface area contributed by atoms with Crippen molar-refractivity contribution >= 4 is 21.6 Å². The predicted molar refractivity (Wildman–Crippen MR) is 75.7 cm³/mol. The van der Waals surface area contributed by atoms with Gasteiger partial charge in [0.2, 0.25) is 0 Å². The normalized spacial score (nSPS) is 19.3. The Balaban J connectivity index is 2.22. The van der Waals surface area contributed by atoms with Gasteiger partial charge in [0.05, 0.1) is 21.8 Å². The molecule has 0 aliphatic carbocycles. The van der Waals surface area contributed by atoms with Crippen LogP contribution >= 0.6 is 15.9 Å². The van der Waals surface area contributed by atoms with E-state index < -0.39 is 0 Å². The highest BCUT2D eigenvalue weighted by atomic mass is 79.9. The molecule has 0 bridgehead atoms. The standard InChI is InChI=1S/C14H16BrFN2O/c1-2-19-11-4-3-7-18(9-11)12-6-5-10(8-17)13(15)14(12)16/h5-6,11H,2-4,7,9H2,1H3. The second kappa shape index (κ2) is 6.36. The number of nitrogens with zero attached hydrogens (tertiary/aromatic N) is 2. The minimum atomic E-state index is -0.365. The van der Waals surface area contributed by atoms with Gasteiger partial charge in [-0.1, -0.05) is 0 Å². The van der Waals surface area contributed by atoms with Gasteiger partial charge in [-0.15, -0.1) is 0 Å². The first kappa shape index (κ1) is 14.3. The summed E-state index contributed by atoms with van der Waals surface area (Å²) in [7, 11) is 0. The van der Waals surface area contributed by atoms with Crippen LogP contribution in [0, 0.1) is 17.1 Å². The largest absolute Gasteiger partial charge is 0.377 e. The fourth-order valence-corrected chi connectivity index (χ4v) is 2.82. The third-order valence-corrected chi connectivity index (χ3v) is 4.08. The molecule has 1 unspecified atom stereocenters. The molecular formula is C14H16BrFN2O. The first-order valence-electron chi connectivity index (χ1n) is 6.42. The highest BCUT2D eigenvalue weighted by molar-refractivity contribution is 9.10. The molecule has 1 aliphatic rings. The Hall–Kier alpha value is -1.12. The van der Waals surface area contributed by atoms with Crippen LogP contribution in [0.5, 0.6) is 0 Å². The molecule has 1 aromatic rings. The van der Waals surface area contributed by atoms with Crippen LogP contribution in [0.3, 0.4) is 0 Å². The summed E-state index contributed by atoms with van der Waals surface area (Å²) in [5, 5.41) is 8.88. The van der Waals surface area contributed by atoms with Crippen molar-refractivity contribution < 1.29 is 9.13 Å². The Labute approximate surface area is 121 Å². The second-order valence-corrected chi connectivity index (χ2v) is 5.33. The van der Waals surface area contributed by atoms with Gasteiger partial charge in [-0.2, -0.15) is 5.26 Å². The van der Waals surface area contributed by atoms with Gasteiger partial charge in [0.15, 0.2) is 5.82 Å². The van der Waals surface area contributed by atoms with Crippen LogP contribution in [0.25, 0.3) is 0 Å². The molecule has 2 rings (SSSR count). The van der Waals surface area contributed by atoms with E-state index in [1.165, 1.54) is 0 Å². The summed E-state index contributed by atoms with van der Waals surface area (Å²) in [5.41, 5.74) is 0.856. The van der Waals surface area contributed by atoms with E-state index in [9.17, 15) is 4.39 Å². The average Bonchev–Trinajstić information content (AvgIpc) is 2.42. The zero-order valence-corrected chi connectivity index (χ0v) is 12.4. The van der Waals surface area contributed by atoms with Crippen LogP contribution in [0.2, 0.25) is 0 Å². The monoisotopic (exact) mass is 326 g/mol. The first-order valence-corrected chi connectivity index (χ1v) is 7.21. The summed E-state index contributed by atoms with van der Waals surface area (Å²) in [4.78, 5) is 1.99. The van der Waals surface area contributed by atoms with Gasteiger partial charge in [-0.3, -0.25) is 0 Å². The van der Waals surface area contributed by atoms with Crippen molar-refractivity contribution in [1.29, 1.82) is 5.26 Å². The molecule has 0 N–H and O–H groups in total. The van der Waals surface area contributed by atoms with E-state index in [1.54, 1.807) is 12.1 Å². The van der Waals surface area contributed by atoms with Gasteiger partial charge in [-0.05, 0) is 47.8 Å². The number of piperidine rings is 1. The highest BCUT2D eigenvalue weighted by Gasteiger charge is 2.23. The molecule has 1 saturated heterocycles. The predicted octanol–water partition coefficient (Wildman–Crippen LogP) is 3.47. The number of ether oxygens (including phenoxy) is 1. The topological polar surface area (TPSA) is 36.3 Å². The quantitative estimate of drug-likeness (QED) is 0.853. The summed E-state index contributed by atoms with van der Waals surface area (Å²) in [6.07, 6.45) is 2.16. The lowest BCUT2D eigenvalue weighted by Gasteiger charge is -2.34. The maximum Gasteiger partial charge on any atom is 0.161 e. The van der Waals surface area contributed by atoms with Gasteiger partial charge < -0.3 is 9.64 Å². The number of rotatable bonds is 3. The molecule has 1 fully saturated rings. The Kier molecular flexibility index (Phi) is 4.78. The first-order chi connectivity index (χ1) is 9.17. The van der Waals surface area contributed by atoms with E-state index in [1.807, 2.05) is 17.9 Å². The number of hydrogen-bond acceptors (Lipinski definition) is 3. The van der Waals surface area contributed by atoms with E-state index in [2.05, 4.69) is 15.9 Å². The lowest BCUT2D eigenvalue weighted by Crippen LogP contribution is -2.40. The number of anilines is 1. The summed E-state index contributed by atoms with van der Waals surface area (Å²) < 4.78 is 20.1. The fourth-order valence-electron chi connectivity index (χ4n) is 2.40. The zero-order valence-electron chi connectivity index (χ0n) is 10.8. The number of hydrogen-bond donors (Lipinski definition) is 0. The Morgan fingerprint density at radius 1 is 1.58 bits per heavy atom. The molecule has 1 aromatic carbocycles. The minimum Gasteiger partial charge on any atom is -0.377 e. The molecule has 102 valence electrons. The Bertz CT molecular complexity index is 499. The molecule has 0 saturated carbocycles. The maximum absolute atomic E-state index is 14.3. The summed E-state index contributed by atoms with van der Waals surface area (Å²) in [6.45, 7) is 4.16. The molecule has 0 radical (unpaired) electrons. The lowest BCUT2D eigenvalue weighted by atomic mass is 10.1. The molecule has 0 aromatic heterocycles. The molecule has 0 spiro atoms. The van der Waals surface area contributed by atoms with Crippen molar-refractivity contribution in [2.24, 2.45) is 0 Å². The van der Waals surface area contributed by atoms with Crippen LogP contribution in [-0.2, 0) is 4.74 Å². The van der Waals surface area contributed by atoms with Crippen LogP contribution in [0.15, 0.2) is 16.6 Å². The van der Waals surface area contributed by atoms with Crippen LogP contribution in [0.4, 0.5) is 10.1 Å². The Morgan fingerprint density at radius 2 is 2.37 bits per heavy atom.